The molecule has 90 valence electrons. The van der Waals surface area contributed by atoms with Gasteiger partial charge in [-0.1, -0.05) is 24.3 Å². The second-order valence-corrected chi connectivity index (χ2v) is 4.14. The van der Waals surface area contributed by atoms with Crippen molar-refractivity contribution in [2.75, 3.05) is 7.11 Å². The molecule has 3 nitrogen and oxygen atoms in total. The maximum absolute atomic E-state index is 12.5. The largest absolute Gasteiger partial charge is 0.497 e. The van der Waals surface area contributed by atoms with Crippen LogP contribution in [0.25, 0.3) is 0 Å². The average Bonchev–Trinajstić information content (AvgIpc) is 2.57. The summed E-state index contributed by atoms with van der Waals surface area (Å²) in [6.45, 7) is 0.418. The summed E-state index contributed by atoms with van der Waals surface area (Å²) in [5.74, 6) is 1.25. The summed E-state index contributed by atoms with van der Waals surface area (Å²) < 4.78 is 10.8. The third kappa shape index (κ3) is 1.64. The van der Waals surface area contributed by atoms with Crippen LogP contribution in [-0.2, 0) is 6.61 Å². The molecule has 18 heavy (non-hydrogen) atoms. The molecule has 0 saturated heterocycles. The number of rotatable bonds is 1. The molecule has 0 unspecified atom stereocenters. The van der Waals surface area contributed by atoms with Gasteiger partial charge in [0.2, 0.25) is 0 Å². The minimum Gasteiger partial charge on any atom is -0.497 e. The van der Waals surface area contributed by atoms with Gasteiger partial charge >= 0.3 is 0 Å². The number of carbonyl (C=O) groups is 1. The summed E-state index contributed by atoms with van der Waals surface area (Å²) in [7, 11) is 1.58. The van der Waals surface area contributed by atoms with Gasteiger partial charge in [0.1, 0.15) is 18.1 Å². The van der Waals surface area contributed by atoms with Crippen LogP contribution < -0.4 is 9.47 Å². The Kier molecular flexibility index (Phi) is 2.52. The van der Waals surface area contributed by atoms with Crippen molar-refractivity contribution in [1.82, 2.24) is 0 Å². The van der Waals surface area contributed by atoms with Gasteiger partial charge < -0.3 is 9.47 Å². The molecule has 0 N–H and O–H groups in total. The lowest BCUT2D eigenvalue weighted by Crippen LogP contribution is -2.02. The highest BCUT2D eigenvalue weighted by Crippen LogP contribution is 2.31. The van der Waals surface area contributed by atoms with Crippen LogP contribution in [0.1, 0.15) is 21.5 Å². The van der Waals surface area contributed by atoms with E-state index in [1.54, 1.807) is 25.3 Å². The third-order valence-corrected chi connectivity index (χ3v) is 3.08. The Morgan fingerprint density at radius 1 is 1.11 bits per heavy atom. The molecule has 2 aromatic rings. The molecule has 0 saturated carbocycles. The maximum atomic E-state index is 12.5. The average molecular weight is 240 g/mol. The summed E-state index contributed by atoms with van der Waals surface area (Å²) in [4.78, 5) is 12.5. The minimum atomic E-state index is -0.0167. The molecule has 0 amide bonds. The first-order valence-corrected chi connectivity index (χ1v) is 5.73. The Morgan fingerprint density at radius 3 is 2.78 bits per heavy atom. The number of hydrogen-bond donors (Lipinski definition) is 0. The predicted molar refractivity (Wildman–Crippen MR) is 67.2 cm³/mol. The monoisotopic (exact) mass is 240 g/mol. The highest BCUT2D eigenvalue weighted by Gasteiger charge is 2.22. The molecule has 0 fully saturated rings. The van der Waals surface area contributed by atoms with Gasteiger partial charge in [0.05, 0.1) is 12.7 Å². The van der Waals surface area contributed by atoms with Crippen LogP contribution >= 0.6 is 0 Å². The zero-order valence-electron chi connectivity index (χ0n) is 9.97. The molecular weight excluding hydrogens is 228 g/mol. The standard InChI is InChI=1S/C15H12O3/c1-17-11-6-7-14-13(8-11)15(16)12-5-3-2-4-10(12)9-18-14/h2-8H,9H2,1H3. The van der Waals surface area contributed by atoms with E-state index in [0.717, 1.165) is 5.56 Å². The summed E-state index contributed by atoms with van der Waals surface area (Å²) in [5, 5.41) is 0. The van der Waals surface area contributed by atoms with Gasteiger partial charge in [-0.15, -0.1) is 0 Å². The molecule has 3 heteroatoms. The fraction of sp³-hybridized carbons (Fsp3) is 0.133. The van der Waals surface area contributed by atoms with E-state index in [1.165, 1.54) is 0 Å². The number of fused-ring (bicyclic) bond motifs is 2. The normalized spacial score (nSPS) is 13.1. The Hall–Kier alpha value is -2.29. The first kappa shape index (κ1) is 10.8. The Morgan fingerprint density at radius 2 is 1.94 bits per heavy atom. The fourth-order valence-corrected chi connectivity index (χ4v) is 2.11. The van der Waals surface area contributed by atoms with Crippen LogP contribution in [0.4, 0.5) is 0 Å². The molecule has 0 aliphatic carbocycles. The van der Waals surface area contributed by atoms with Crippen molar-refractivity contribution in [2.45, 2.75) is 6.61 Å². The van der Waals surface area contributed by atoms with Gasteiger partial charge in [-0.25, -0.2) is 0 Å². The number of ether oxygens (including phenoxy) is 2. The van der Waals surface area contributed by atoms with Gasteiger partial charge in [-0.3, -0.25) is 4.79 Å². The summed E-state index contributed by atoms with van der Waals surface area (Å²) in [6.07, 6.45) is 0. The van der Waals surface area contributed by atoms with Crippen molar-refractivity contribution in [2.24, 2.45) is 0 Å². The van der Waals surface area contributed by atoms with Crippen molar-refractivity contribution in [3.63, 3.8) is 0 Å². The highest BCUT2D eigenvalue weighted by molar-refractivity contribution is 6.12. The Balaban J connectivity index is 2.17. The molecule has 1 aliphatic heterocycles. The van der Waals surface area contributed by atoms with Crippen molar-refractivity contribution in [1.29, 1.82) is 0 Å². The lowest BCUT2D eigenvalue weighted by Gasteiger charge is -2.07. The van der Waals surface area contributed by atoms with E-state index in [-0.39, 0.29) is 5.78 Å². The van der Waals surface area contributed by atoms with Crippen LogP contribution in [0, 0.1) is 0 Å². The molecule has 0 spiro atoms. The van der Waals surface area contributed by atoms with Crippen molar-refractivity contribution < 1.29 is 14.3 Å². The van der Waals surface area contributed by atoms with E-state index in [9.17, 15) is 4.79 Å². The third-order valence-electron chi connectivity index (χ3n) is 3.08. The first-order valence-electron chi connectivity index (χ1n) is 5.73. The molecule has 0 bridgehead atoms. The summed E-state index contributed by atoms with van der Waals surface area (Å²) in [6, 6.07) is 12.8. The van der Waals surface area contributed by atoms with E-state index >= 15 is 0 Å². The fourth-order valence-electron chi connectivity index (χ4n) is 2.11. The van der Waals surface area contributed by atoms with Gasteiger partial charge in [-0.05, 0) is 18.2 Å². The Bertz CT molecular complexity index is 617. The van der Waals surface area contributed by atoms with E-state index in [4.69, 9.17) is 9.47 Å². The van der Waals surface area contributed by atoms with Crippen molar-refractivity contribution in [3.05, 3.63) is 59.2 Å². The maximum Gasteiger partial charge on any atom is 0.197 e. The lowest BCUT2D eigenvalue weighted by molar-refractivity contribution is 0.103. The SMILES string of the molecule is COc1ccc2c(c1)C(=O)c1ccccc1CO2. The van der Waals surface area contributed by atoms with Crippen molar-refractivity contribution >= 4 is 5.78 Å². The van der Waals surface area contributed by atoms with Crippen LogP contribution in [-0.4, -0.2) is 12.9 Å². The number of carbonyl (C=O) groups excluding carboxylic acids is 1. The number of methoxy groups -OCH3 is 1. The topological polar surface area (TPSA) is 35.5 Å². The highest BCUT2D eigenvalue weighted by atomic mass is 16.5. The zero-order chi connectivity index (χ0) is 12.5. The number of benzene rings is 2. The number of ketones is 1. The van der Waals surface area contributed by atoms with Gasteiger partial charge in [0.25, 0.3) is 0 Å². The van der Waals surface area contributed by atoms with Crippen LogP contribution in [0.15, 0.2) is 42.5 Å². The second kappa shape index (κ2) is 4.18. The van der Waals surface area contributed by atoms with Crippen molar-refractivity contribution in [3.8, 4) is 11.5 Å². The quantitative estimate of drug-likeness (QED) is 0.768. The molecule has 2 aromatic carbocycles. The van der Waals surface area contributed by atoms with Gasteiger partial charge in [0, 0.05) is 11.1 Å². The van der Waals surface area contributed by atoms with Gasteiger partial charge in [0.15, 0.2) is 5.78 Å². The summed E-state index contributed by atoms with van der Waals surface area (Å²) in [5.41, 5.74) is 2.17. The van der Waals surface area contributed by atoms with Crippen LogP contribution in [0.2, 0.25) is 0 Å². The van der Waals surface area contributed by atoms with E-state index in [2.05, 4.69) is 0 Å². The number of hydrogen-bond acceptors (Lipinski definition) is 3. The van der Waals surface area contributed by atoms with E-state index < -0.39 is 0 Å². The van der Waals surface area contributed by atoms with E-state index in [0.29, 0.717) is 29.2 Å². The first-order chi connectivity index (χ1) is 8.79. The molecule has 1 aliphatic rings. The predicted octanol–water partition coefficient (Wildman–Crippen LogP) is 2.82. The van der Waals surface area contributed by atoms with Crippen LogP contribution in [0.5, 0.6) is 11.5 Å². The molecular formula is C15H12O3. The second-order valence-electron chi connectivity index (χ2n) is 4.14. The smallest absolute Gasteiger partial charge is 0.197 e. The molecule has 0 aromatic heterocycles. The lowest BCUT2D eigenvalue weighted by atomic mass is 9.99. The van der Waals surface area contributed by atoms with Crippen LogP contribution in [0.3, 0.4) is 0 Å². The van der Waals surface area contributed by atoms with E-state index in [1.807, 2.05) is 24.3 Å². The molecule has 3 rings (SSSR count). The molecule has 0 radical (unpaired) electrons. The molecule has 1 heterocycles. The minimum absolute atomic E-state index is 0.0167. The zero-order valence-corrected chi connectivity index (χ0v) is 9.97. The summed E-state index contributed by atoms with van der Waals surface area (Å²) >= 11 is 0. The van der Waals surface area contributed by atoms with Gasteiger partial charge in [-0.2, -0.15) is 0 Å². The molecule has 0 atom stereocenters. The Labute approximate surface area is 105 Å².